The van der Waals surface area contributed by atoms with E-state index in [1.54, 1.807) is 60.8 Å². The molecule has 2 heterocycles. The monoisotopic (exact) mass is 467 g/mol. The van der Waals surface area contributed by atoms with Crippen LogP contribution in [0, 0.1) is 0 Å². The average Bonchev–Trinajstić information content (AvgIpc) is 3.15. The Hall–Kier alpha value is -3.23. The van der Waals surface area contributed by atoms with Gasteiger partial charge in [-0.3, -0.25) is 19.8 Å². The highest BCUT2D eigenvalue weighted by Gasteiger charge is 2.34. The summed E-state index contributed by atoms with van der Waals surface area (Å²) in [6, 6.07) is 17.3. The molecule has 6 nitrogen and oxygen atoms in total. The van der Waals surface area contributed by atoms with Crippen LogP contribution in [0.1, 0.15) is 5.69 Å². The summed E-state index contributed by atoms with van der Waals surface area (Å²) in [5.74, 6) is -0.896. The number of nitrogens with one attached hydrogen (secondary N) is 1. The fraction of sp³-hybridized carbons (Fsp3) is 0. The minimum Gasteiger partial charge on any atom is -0.508 e. The molecule has 2 N–H and O–H groups in total. The van der Waals surface area contributed by atoms with Gasteiger partial charge >= 0.3 is 0 Å². The predicted molar refractivity (Wildman–Crippen MR) is 118 cm³/mol. The van der Waals surface area contributed by atoms with Crippen molar-refractivity contribution in [1.29, 1.82) is 0 Å². The number of phenolic OH excluding ortho intramolecular Hbond substituents is 1. The second-order valence-electron chi connectivity index (χ2n) is 6.25. The van der Waals surface area contributed by atoms with Crippen molar-refractivity contribution < 1.29 is 14.7 Å². The number of nitrogens with zero attached hydrogens (tertiary/aromatic N) is 2. The minimum atomic E-state index is -0.549. The number of halogens is 1. The third kappa shape index (κ3) is 3.72. The largest absolute Gasteiger partial charge is 0.508 e. The number of thiocarbonyl (C=S) groups is 1. The number of phenols is 1. The Morgan fingerprint density at radius 2 is 1.62 bits per heavy atom. The van der Waals surface area contributed by atoms with Crippen LogP contribution in [0.25, 0.3) is 11.8 Å². The summed E-state index contributed by atoms with van der Waals surface area (Å²) in [4.78, 5) is 26.9. The summed E-state index contributed by atoms with van der Waals surface area (Å²) in [6.07, 6.45) is 3.33. The molecular weight excluding hydrogens is 454 g/mol. The Bertz CT molecular complexity index is 1150. The van der Waals surface area contributed by atoms with E-state index in [1.165, 1.54) is 11.0 Å². The van der Waals surface area contributed by atoms with Crippen molar-refractivity contribution in [1.82, 2.24) is 9.88 Å². The molecule has 0 aliphatic carbocycles. The van der Waals surface area contributed by atoms with Gasteiger partial charge in [0.2, 0.25) is 0 Å². The topological polar surface area (TPSA) is 74.6 Å². The number of anilines is 1. The van der Waals surface area contributed by atoms with Gasteiger partial charge < -0.3 is 9.67 Å². The van der Waals surface area contributed by atoms with Crippen molar-refractivity contribution in [2.75, 3.05) is 4.90 Å². The highest BCUT2D eigenvalue weighted by molar-refractivity contribution is 9.10. The van der Waals surface area contributed by atoms with Crippen LogP contribution < -0.4 is 10.2 Å². The SMILES string of the molecule is O=C1NC(=S)N(c2ccc(Br)cc2)C(=O)C1=Cc1cccn1-c1ccc(O)cc1. The number of benzene rings is 2. The van der Waals surface area contributed by atoms with E-state index in [-0.39, 0.29) is 16.4 Å². The van der Waals surface area contributed by atoms with Crippen molar-refractivity contribution in [2.24, 2.45) is 0 Å². The van der Waals surface area contributed by atoms with Gasteiger partial charge in [0.05, 0.1) is 5.69 Å². The summed E-state index contributed by atoms with van der Waals surface area (Å²) in [5, 5.41) is 12.1. The van der Waals surface area contributed by atoms with E-state index in [4.69, 9.17) is 12.2 Å². The van der Waals surface area contributed by atoms with E-state index in [0.29, 0.717) is 11.4 Å². The second kappa shape index (κ2) is 7.65. The molecule has 1 aliphatic heterocycles. The van der Waals surface area contributed by atoms with Crippen LogP contribution >= 0.6 is 28.1 Å². The highest BCUT2D eigenvalue weighted by atomic mass is 79.9. The maximum Gasteiger partial charge on any atom is 0.270 e. The number of hydrogen-bond acceptors (Lipinski definition) is 4. The number of carbonyl (C=O) groups excluding carboxylic acids is 2. The summed E-state index contributed by atoms with van der Waals surface area (Å²) in [6.45, 7) is 0. The quantitative estimate of drug-likeness (QED) is 0.349. The van der Waals surface area contributed by atoms with Crippen molar-refractivity contribution in [3.63, 3.8) is 0 Å². The molecule has 144 valence electrons. The summed E-state index contributed by atoms with van der Waals surface area (Å²) < 4.78 is 2.67. The van der Waals surface area contributed by atoms with Gasteiger partial charge in [-0.2, -0.15) is 0 Å². The molecule has 3 aromatic rings. The third-order valence-corrected chi connectivity index (χ3v) is 5.20. The van der Waals surface area contributed by atoms with E-state index in [1.807, 2.05) is 10.6 Å². The summed E-state index contributed by atoms with van der Waals surface area (Å²) in [7, 11) is 0. The lowest BCUT2D eigenvalue weighted by Crippen LogP contribution is -2.54. The Morgan fingerprint density at radius 3 is 2.31 bits per heavy atom. The minimum absolute atomic E-state index is 0.0275. The Labute approximate surface area is 180 Å². The number of aromatic nitrogens is 1. The zero-order valence-electron chi connectivity index (χ0n) is 14.9. The Balaban J connectivity index is 1.73. The average molecular weight is 468 g/mol. The first-order valence-corrected chi connectivity index (χ1v) is 9.78. The molecule has 0 saturated carbocycles. The van der Waals surface area contributed by atoms with E-state index in [0.717, 1.165) is 10.2 Å². The molecule has 1 saturated heterocycles. The number of hydrogen-bond donors (Lipinski definition) is 2. The molecule has 0 atom stereocenters. The highest BCUT2D eigenvalue weighted by Crippen LogP contribution is 2.25. The van der Waals surface area contributed by atoms with E-state index in [2.05, 4.69) is 21.2 Å². The lowest BCUT2D eigenvalue weighted by Gasteiger charge is -2.29. The lowest BCUT2D eigenvalue weighted by molar-refractivity contribution is -0.122. The van der Waals surface area contributed by atoms with Gasteiger partial charge in [-0.05, 0) is 79.0 Å². The normalized spacial score (nSPS) is 15.7. The van der Waals surface area contributed by atoms with E-state index < -0.39 is 11.8 Å². The second-order valence-corrected chi connectivity index (χ2v) is 7.56. The molecule has 0 bridgehead atoms. The Morgan fingerprint density at radius 1 is 0.966 bits per heavy atom. The van der Waals surface area contributed by atoms with Gasteiger partial charge in [0, 0.05) is 22.1 Å². The van der Waals surface area contributed by atoms with Crippen LogP contribution in [0.4, 0.5) is 5.69 Å². The van der Waals surface area contributed by atoms with E-state index >= 15 is 0 Å². The van der Waals surface area contributed by atoms with Gasteiger partial charge in [-0.1, -0.05) is 15.9 Å². The van der Waals surface area contributed by atoms with Crippen molar-refractivity contribution in [3.8, 4) is 11.4 Å². The van der Waals surface area contributed by atoms with Gasteiger partial charge in [-0.25, -0.2) is 0 Å². The number of carbonyl (C=O) groups is 2. The molecule has 8 heteroatoms. The molecule has 4 rings (SSSR count). The molecule has 1 fully saturated rings. The van der Waals surface area contributed by atoms with E-state index in [9.17, 15) is 14.7 Å². The molecule has 29 heavy (non-hydrogen) atoms. The zero-order chi connectivity index (χ0) is 20.5. The van der Waals surface area contributed by atoms with Crippen LogP contribution in [-0.4, -0.2) is 26.6 Å². The number of aromatic hydroxyl groups is 1. The molecule has 0 spiro atoms. The maximum absolute atomic E-state index is 13.1. The predicted octanol–water partition coefficient (Wildman–Crippen LogP) is 3.78. The molecule has 1 aliphatic rings. The fourth-order valence-corrected chi connectivity index (χ4v) is 3.54. The number of amides is 2. The standard InChI is InChI=1S/C21H14BrN3O3S/c22-13-3-5-15(6-4-13)25-20(28)18(19(27)23-21(25)29)12-16-2-1-11-24(16)14-7-9-17(26)10-8-14/h1-12,26H,(H,23,27,29). The van der Waals surface area contributed by atoms with Crippen LogP contribution in [0.5, 0.6) is 5.75 Å². The van der Waals surface area contributed by atoms with Crippen molar-refractivity contribution >= 4 is 56.8 Å². The summed E-state index contributed by atoms with van der Waals surface area (Å²) >= 11 is 8.58. The first-order chi connectivity index (χ1) is 13.9. The zero-order valence-corrected chi connectivity index (χ0v) is 17.3. The molecule has 2 aromatic carbocycles. The van der Waals surface area contributed by atoms with Crippen molar-refractivity contribution in [3.05, 3.63) is 82.6 Å². The van der Waals surface area contributed by atoms with Crippen molar-refractivity contribution in [2.45, 2.75) is 0 Å². The molecular formula is C21H14BrN3O3S. The van der Waals surface area contributed by atoms with Gasteiger partial charge in [-0.15, -0.1) is 0 Å². The molecule has 2 amide bonds. The smallest absolute Gasteiger partial charge is 0.270 e. The first-order valence-electron chi connectivity index (χ1n) is 8.58. The maximum atomic E-state index is 13.1. The van der Waals surface area contributed by atoms with Crippen LogP contribution in [0.2, 0.25) is 0 Å². The third-order valence-electron chi connectivity index (χ3n) is 4.39. The van der Waals surface area contributed by atoms with Crippen LogP contribution in [0.3, 0.4) is 0 Å². The summed E-state index contributed by atoms with van der Waals surface area (Å²) in [5.41, 5.74) is 1.95. The molecule has 0 unspecified atom stereocenters. The van der Waals surface area contributed by atoms with Gasteiger partial charge in [0.1, 0.15) is 11.3 Å². The van der Waals surface area contributed by atoms with Gasteiger partial charge in [0.25, 0.3) is 11.8 Å². The Kier molecular flexibility index (Phi) is 5.04. The lowest BCUT2D eigenvalue weighted by atomic mass is 10.1. The van der Waals surface area contributed by atoms with Crippen LogP contribution in [0.15, 0.2) is 76.9 Å². The molecule has 0 radical (unpaired) electrons. The molecule has 1 aromatic heterocycles. The number of rotatable bonds is 3. The van der Waals surface area contributed by atoms with Crippen LogP contribution in [-0.2, 0) is 9.59 Å². The fourth-order valence-electron chi connectivity index (χ4n) is 2.99. The first kappa shape index (κ1) is 19.1. The van der Waals surface area contributed by atoms with Gasteiger partial charge in [0.15, 0.2) is 5.11 Å².